The first-order valence-electron chi connectivity index (χ1n) is 6.64. The summed E-state index contributed by atoms with van der Waals surface area (Å²) in [6.07, 6.45) is 0.104. The number of sulfone groups is 1. The van der Waals surface area contributed by atoms with Gasteiger partial charge in [0.05, 0.1) is 12.3 Å². The third kappa shape index (κ3) is 4.65. The number of alkyl halides is 1. The summed E-state index contributed by atoms with van der Waals surface area (Å²) in [6, 6.07) is 3.84. The van der Waals surface area contributed by atoms with Crippen molar-refractivity contribution in [1.82, 2.24) is 15.5 Å². The van der Waals surface area contributed by atoms with Crippen molar-refractivity contribution >= 4 is 38.9 Å². The summed E-state index contributed by atoms with van der Waals surface area (Å²) in [5, 5.41) is 8.69. The number of amides is 1. The summed E-state index contributed by atoms with van der Waals surface area (Å²) in [4.78, 5) is 11.3. The topological polar surface area (TPSA) is 102 Å². The van der Waals surface area contributed by atoms with Gasteiger partial charge in [-0.05, 0) is 12.1 Å². The maximum absolute atomic E-state index is 13.7. The Morgan fingerprint density at radius 2 is 2.08 bits per heavy atom. The smallest absolute Gasteiger partial charge is 0.335 e. The van der Waals surface area contributed by atoms with Crippen LogP contribution < -0.4 is 5.32 Å². The van der Waals surface area contributed by atoms with E-state index in [2.05, 4.69) is 15.5 Å². The lowest BCUT2D eigenvalue weighted by Crippen LogP contribution is -2.22. The predicted octanol–water partition coefficient (Wildman–Crippen LogP) is 2.08. The highest BCUT2D eigenvalue weighted by atomic mass is 35.5. The van der Waals surface area contributed by atoms with Crippen LogP contribution in [0.4, 0.5) is 4.39 Å². The van der Waals surface area contributed by atoms with Gasteiger partial charge in [-0.25, -0.2) is 12.8 Å². The van der Waals surface area contributed by atoms with Gasteiger partial charge >= 0.3 is 5.22 Å². The van der Waals surface area contributed by atoms with Gasteiger partial charge in [0.1, 0.15) is 5.82 Å². The van der Waals surface area contributed by atoms with Crippen LogP contribution >= 0.6 is 23.2 Å². The Labute approximate surface area is 147 Å². The highest BCUT2D eigenvalue weighted by molar-refractivity contribution is 7.90. The molecule has 11 heteroatoms. The summed E-state index contributed by atoms with van der Waals surface area (Å²) in [7, 11) is -4.08. The molecule has 0 spiro atoms. The van der Waals surface area contributed by atoms with E-state index in [9.17, 15) is 17.6 Å². The first-order valence-corrected chi connectivity index (χ1v) is 9.20. The van der Waals surface area contributed by atoms with Crippen LogP contribution in [-0.2, 0) is 26.9 Å². The van der Waals surface area contributed by atoms with E-state index in [1.807, 2.05) is 0 Å². The molecule has 130 valence electrons. The van der Waals surface area contributed by atoms with Gasteiger partial charge in [-0.1, -0.05) is 22.8 Å². The van der Waals surface area contributed by atoms with Crippen LogP contribution in [0.5, 0.6) is 0 Å². The van der Waals surface area contributed by atoms with Crippen molar-refractivity contribution in [2.45, 2.75) is 23.9 Å². The third-order valence-corrected chi connectivity index (χ3v) is 4.78. The second kappa shape index (κ2) is 7.91. The minimum atomic E-state index is -4.08. The van der Waals surface area contributed by atoms with Crippen LogP contribution in [0.3, 0.4) is 0 Å². The molecular formula is C13H12Cl2FN3O4S. The molecule has 7 nitrogen and oxygen atoms in total. The number of rotatable bonds is 7. The molecule has 0 saturated heterocycles. The minimum Gasteiger partial charge on any atom is -0.411 e. The van der Waals surface area contributed by atoms with Crippen molar-refractivity contribution < 1.29 is 22.0 Å². The van der Waals surface area contributed by atoms with E-state index in [-0.39, 0.29) is 41.2 Å². The van der Waals surface area contributed by atoms with Crippen LogP contribution in [0.15, 0.2) is 27.8 Å². The van der Waals surface area contributed by atoms with E-state index in [1.54, 1.807) is 0 Å². The average molecular weight is 396 g/mol. The van der Waals surface area contributed by atoms with E-state index < -0.39 is 26.6 Å². The molecule has 2 rings (SSSR count). The van der Waals surface area contributed by atoms with E-state index in [0.717, 1.165) is 6.07 Å². The van der Waals surface area contributed by atoms with Crippen molar-refractivity contribution in [3.8, 4) is 0 Å². The second-order valence-electron chi connectivity index (χ2n) is 4.64. The fourth-order valence-corrected chi connectivity index (χ4v) is 3.37. The average Bonchev–Trinajstić information content (AvgIpc) is 2.99. The number of nitrogens with zero attached hydrogens (tertiary/aromatic N) is 2. The van der Waals surface area contributed by atoms with Gasteiger partial charge in [0.2, 0.25) is 21.6 Å². The lowest BCUT2D eigenvalue weighted by Gasteiger charge is -2.04. The molecular weight excluding hydrogens is 384 g/mol. The molecule has 24 heavy (non-hydrogen) atoms. The maximum Gasteiger partial charge on any atom is 0.335 e. The van der Waals surface area contributed by atoms with Crippen molar-refractivity contribution in [3.63, 3.8) is 0 Å². The molecule has 0 unspecified atom stereocenters. The summed E-state index contributed by atoms with van der Waals surface area (Å²) in [5.41, 5.74) is -0.186. The Bertz CT molecular complexity index is 821. The SMILES string of the molecule is O=C(CCCl)NCc1nnc(S(=O)(=O)Cc2c(F)cccc2Cl)o1. The minimum absolute atomic E-state index is 0.0216. The van der Waals surface area contributed by atoms with E-state index in [1.165, 1.54) is 12.1 Å². The lowest BCUT2D eigenvalue weighted by atomic mass is 10.2. The van der Waals surface area contributed by atoms with E-state index in [0.29, 0.717) is 0 Å². The highest BCUT2D eigenvalue weighted by Gasteiger charge is 2.25. The van der Waals surface area contributed by atoms with Crippen LogP contribution in [-0.4, -0.2) is 30.4 Å². The standard InChI is InChI=1S/C13H12Cl2FN3O4S/c14-5-4-11(20)17-6-12-18-19-13(23-12)24(21,22)7-8-9(15)2-1-3-10(8)16/h1-3H,4-7H2,(H,17,20). The molecule has 0 radical (unpaired) electrons. The van der Waals surface area contributed by atoms with Crippen LogP contribution in [0.25, 0.3) is 0 Å². The van der Waals surface area contributed by atoms with Crippen LogP contribution in [0, 0.1) is 5.82 Å². The molecule has 0 aliphatic heterocycles. The van der Waals surface area contributed by atoms with Crippen LogP contribution in [0.2, 0.25) is 5.02 Å². The summed E-state index contributed by atoms with van der Waals surface area (Å²) in [6.45, 7) is -0.140. The maximum atomic E-state index is 13.7. The Kier molecular flexibility index (Phi) is 6.14. The Morgan fingerprint density at radius 3 is 2.75 bits per heavy atom. The Hall–Kier alpha value is -1.71. The zero-order valence-corrected chi connectivity index (χ0v) is 14.5. The molecule has 1 aromatic heterocycles. The molecule has 1 amide bonds. The molecule has 1 heterocycles. The number of hydrogen-bond acceptors (Lipinski definition) is 6. The number of hydrogen-bond donors (Lipinski definition) is 1. The van der Waals surface area contributed by atoms with Gasteiger partial charge in [-0.15, -0.1) is 16.7 Å². The first kappa shape index (κ1) is 18.6. The summed E-state index contributed by atoms with van der Waals surface area (Å²) in [5.74, 6) is -1.77. The van der Waals surface area contributed by atoms with Gasteiger partial charge < -0.3 is 9.73 Å². The number of halogens is 3. The number of carbonyl (C=O) groups excluding carboxylic acids is 1. The molecule has 0 bridgehead atoms. The van der Waals surface area contributed by atoms with Gasteiger partial charge in [-0.2, -0.15) is 0 Å². The second-order valence-corrected chi connectivity index (χ2v) is 7.29. The van der Waals surface area contributed by atoms with Crippen LogP contribution in [0.1, 0.15) is 17.9 Å². The van der Waals surface area contributed by atoms with Gasteiger partial charge in [-0.3, -0.25) is 4.79 Å². The molecule has 0 saturated carbocycles. The summed E-state index contributed by atoms with van der Waals surface area (Å²) < 4.78 is 43.2. The normalized spacial score (nSPS) is 11.5. The summed E-state index contributed by atoms with van der Waals surface area (Å²) >= 11 is 11.2. The molecule has 0 fully saturated rings. The fourth-order valence-electron chi connectivity index (χ4n) is 1.71. The largest absolute Gasteiger partial charge is 0.411 e. The van der Waals surface area contributed by atoms with Crippen molar-refractivity contribution in [2.75, 3.05) is 5.88 Å². The zero-order chi connectivity index (χ0) is 17.7. The quantitative estimate of drug-likeness (QED) is 0.719. The first-order chi connectivity index (χ1) is 11.3. The lowest BCUT2D eigenvalue weighted by molar-refractivity contribution is -0.120. The monoisotopic (exact) mass is 395 g/mol. The van der Waals surface area contributed by atoms with Gasteiger partial charge in [0.25, 0.3) is 0 Å². The van der Waals surface area contributed by atoms with Gasteiger partial charge in [0, 0.05) is 22.9 Å². The van der Waals surface area contributed by atoms with E-state index >= 15 is 0 Å². The molecule has 1 N–H and O–H groups in total. The number of benzene rings is 1. The number of aromatic nitrogens is 2. The molecule has 0 aliphatic carbocycles. The molecule has 2 aromatic rings. The predicted molar refractivity (Wildman–Crippen MR) is 83.8 cm³/mol. The molecule has 0 atom stereocenters. The molecule has 0 aliphatic rings. The van der Waals surface area contributed by atoms with Crippen molar-refractivity contribution in [1.29, 1.82) is 0 Å². The van der Waals surface area contributed by atoms with Crippen molar-refractivity contribution in [3.05, 3.63) is 40.5 Å². The van der Waals surface area contributed by atoms with E-state index in [4.69, 9.17) is 27.6 Å². The Balaban J connectivity index is 2.12. The van der Waals surface area contributed by atoms with Crippen molar-refractivity contribution in [2.24, 2.45) is 0 Å². The fraction of sp³-hybridized carbons (Fsp3) is 0.308. The third-order valence-electron chi connectivity index (χ3n) is 2.87. The number of nitrogens with one attached hydrogen (secondary N) is 1. The Morgan fingerprint density at radius 1 is 1.33 bits per heavy atom. The highest BCUT2D eigenvalue weighted by Crippen LogP contribution is 2.24. The number of carbonyl (C=O) groups is 1. The zero-order valence-electron chi connectivity index (χ0n) is 12.1. The van der Waals surface area contributed by atoms with Gasteiger partial charge in [0.15, 0.2) is 0 Å². The molecule has 1 aromatic carbocycles.